The van der Waals surface area contributed by atoms with E-state index < -0.39 is 9.84 Å². The lowest BCUT2D eigenvalue weighted by atomic mass is 10.0. The minimum atomic E-state index is -3.41. The molecule has 0 fully saturated rings. The molecule has 0 aliphatic rings. The van der Waals surface area contributed by atoms with Crippen LogP contribution in [0.1, 0.15) is 5.56 Å². The van der Waals surface area contributed by atoms with Crippen molar-refractivity contribution in [1.82, 2.24) is 4.57 Å². The third-order valence-electron chi connectivity index (χ3n) is 3.73. The molecule has 0 aliphatic carbocycles. The highest BCUT2D eigenvalue weighted by Gasteiger charge is 2.18. The van der Waals surface area contributed by atoms with E-state index in [2.05, 4.69) is 16.7 Å². The van der Waals surface area contributed by atoms with E-state index in [1.54, 1.807) is 26.2 Å². The molecule has 1 aromatic heterocycles. The van der Waals surface area contributed by atoms with Crippen LogP contribution in [-0.4, -0.2) is 39.4 Å². The molecule has 0 radical (unpaired) electrons. The summed E-state index contributed by atoms with van der Waals surface area (Å²) in [6, 6.07) is 4.56. The summed E-state index contributed by atoms with van der Waals surface area (Å²) >= 11 is 0. The Bertz CT molecular complexity index is 1020. The minimum absolute atomic E-state index is 0.145. The van der Waals surface area contributed by atoms with E-state index >= 15 is 0 Å². The average molecular weight is 361 g/mol. The van der Waals surface area contributed by atoms with E-state index in [0.717, 1.165) is 6.26 Å². The lowest BCUT2D eigenvalue weighted by Crippen LogP contribution is -2.19. The maximum atomic E-state index is 12.2. The molecular weight excluding hydrogens is 342 g/mol. The first kappa shape index (κ1) is 18.6. The molecule has 0 N–H and O–H groups in total. The number of sulfone groups is 1. The molecule has 1 aromatic carbocycles. The molecule has 1 heterocycles. The average Bonchev–Trinajstić information content (AvgIpc) is 2.57. The van der Waals surface area contributed by atoms with E-state index in [1.807, 2.05) is 0 Å². The van der Waals surface area contributed by atoms with E-state index in [4.69, 9.17) is 4.74 Å². The SMILES string of the molecule is C=N/C=N\c1c(-c2cc(S(C)(=O)=O)ccc2OC)cn(C)c(=O)c1C. The Labute approximate surface area is 146 Å². The molecule has 0 unspecified atom stereocenters. The first-order valence-electron chi connectivity index (χ1n) is 7.27. The summed E-state index contributed by atoms with van der Waals surface area (Å²) in [4.78, 5) is 20.2. The van der Waals surface area contributed by atoms with Gasteiger partial charge in [-0.05, 0) is 31.8 Å². The van der Waals surface area contributed by atoms with Gasteiger partial charge in [0.15, 0.2) is 9.84 Å². The number of methoxy groups -OCH3 is 1. The van der Waals surface area contributed by atoms with Gasteiger partial charge in [0.05, 0.1) is 17.7 Å². The van der Waals surface area contributed by atoms with Crippen LogP contribution in [0.5, 0.6) is 5.75 Å². The Kier molecular flexibility index (Phi) is 5.22. The summed E-state index contributed by atoms with van der Waals surface area (Å²) in [5.74, 6) is 0.466. The number of benzene rings is 1. The van der Waals surface area contributed by atoms with Crippen molar-refractivity contribution in [1.29, 1.82) is 0 Å². The Hall–Kier alpha value is -2.74. The third-order valence-corrected chi connectivity index (χ3v) is 4.84. The summed E-state index contributed by atoms with van der Waals surface area (Å²) < 4.78 is 30.6. The van der Waals surface area contributed by atoms with Crippen molar-refractivity contribution in [2.75, 3.05) is 13.4 Å². The Morgan fingerprint density at radius 3 is 2.52 bits per heavy atom. The zero-order chi connectivity index (χ0) is 18.8. The largest absolute Gasteiger partial charge is 0.496 e. The second-order valence-electron chi connectivity index (χ2n) is 5.49. The lowest BCUT2D eigenvalue weighted by molar-refractivity contribution is 0.416. The van der Waals surface area contributed by atoms with Gasteiger partial charge in [-0.25, -0.2) is 13.4 Å². The fourth-order valence-electron chi connectivity index (χ4n) is 2.47. The van der Waals surface area contributed by atoms with Crippen LogP contribution in [0.2, 0.25) is 0 Å². The summed E-state index contributed by atoms with van der Waals surface area (Å²) in [6.45, 7) is 4.99. The quantitative estimate of drug-likeness (QED) is 0.603. The number of hydrogen-bond donors (Lipinski definition) is 0. The van der Waals surface area contributed by atoms with E-state index in [9.17, 15) is 13.2 Å². The van der Waals surface area contributed by atoms with E-state index in [-0.39, 0.29) is 10.5 Å². The van der Waals surface area contributed by atoms with Crippen molar-refractivity contribution in [3.8, 4) is 16.9 Å². The van der Waals surface area contributed by atoms with Crippen molar-refractivity contribution in [2.45, 2.75) is 11.8 Å². The molecule has 0 aliphatic heterocycles. The molecule has 0 saturated carbocycles. The van der Waals surface area contributed by atoms with Gasteiger partial charge in [-0.2, -0.15) is 0 Å². The predicted molar refractivity (Wildman–Crippen MR) is 99.2 cm³/mol. The predicted octanol–water partition coefficient (Wildman–Crippen LogP) is 2.13. The normalized spacial score (nSPS) is 11.7. The van der Waals surface area contributed by atoms with Crippen LogP contribution in [-0.2, 0) is 16.9 Å². The van der Waals surface area contributed by atoms with Crippen molar-refractivity contribution in [3.63, 3.8) is 0 Å². The van der Waals surface area contributed by atoms with Gasteiger partial charge < -0.3 is 9.30 Å². The molecule has 0 amide bonds. The summed E-state index contributed by atoms with van der Waals surface area (Å²) in [7, 11) is -0.303. The van der Waals surface area contributed by atoms with Gasteiger partial charge in [-0.3, -0.25) is 9.79 Å². The minimum Gasteiger partial charge on any atom is -0.496 e. The van der Waals surface area contributed by atoms with Crippen LogP contribution in [0.4, 0.5) is 5.69 Å². The standard InChI is InChI=1S/C17H19N3O4S/c1-11-16(19-10-18-2)14(9-20(3)17(11)21)13-8-12(25(5,22)23)6-7-15(13)24-4/h6-10H,2H2,1,3-5H3/b19-10-. The van der Waals surface area contributed by atoms with Gasteiger partial charge in [0.2, 0.25) is 0 Å². The number of hydrogen-bond acceptors (Lipinski definition) is 5. The van der Waals surface area contributed by atoms with Gasteiger partial charge in [0.1, 0.15) is 12.1 Å². The van der Waals surface area contributed by atoms with Crippen LogP contribution >= 0.6 is 0 Å². The Balaban J connectivity index is 2.92. The van der Waals surface area contributed by atoms with Crippen molar-refractivity contribution in [3.05, 3.63) is 40.3 Å². The maximum absolute atomic E-state index is 12.2. The molecule has 132 valence electrons. The highest BCUT2D eigenvalue weighted by atomic mass is 32.2. The summed E-state index contributed by atoms with van der Waals surface area (Å²) in [6.07, 6.45) is 3.96. The Morgan fingerprint density at radius 1 is 1.28 bits per heavy atom. The first-order valence-corrected chi connectivity index (χ1v) is 9.17. The van der Waals surface area contributed by atoms with Gasteiger partial charge >= 0.3 is 0 Å². The van der Waals surface area contributed by atoms with E-state index in [1.165, 1.54) is 30.1 Å². The number of nitrogens with zero attached hydrogens (tertiary/aromatic N) is 3. The molecule has 2 aromatic rings. The molecule has 25 heavy (non-hydrogen) atoms. The second kappa shape index (κ2) is 7.02. The smallest absolute Gasteiger partial charge is 0.255 e. The fraction of sp³-hybridized carbons (Fsp3) is 0.235. The highest BCUT2D eigenvalue weighted by molar-refractivity contribution is 7.90. The van der Waals surface area contributed by atoms with E-state index in [0.29, 0.717) is 28.1 Å². The molecule has 0 saturated heterocycles. The monoisotopic (exact) mass is 361 g/mol. The molecular formula is C17H19N3O4S. The molecule has 2 rings (SSSR count). The molecule has 7 nitrogen and oxygen atoms in total. The lowest BCUT2D eigenvalue weighted by Gasteiger charge is -2.15. The molecule has 0 spiro atoms. The summed E-state index contributed by atoms with van der Waals surface area (Å²) in [5.41, 5.74) is 1.66. The van der Waals surface area contributed by atoms with Crippen LogP contribution in [0.25, 0.3) is 11.1 Å². The topological polar surface area (TPSA) is 90.1 Å². The van der Waals surface area contributed by atoms with Crippen LogP contribution < -0.4 is 10.3 Å². The van der Waals surface area contributed by atoms with Crippen LogP contribution in [0.15, 0.2) is 44.1 Å². The zero-order valence-electron chi connectivity index (χ0n) is 14.5. The maximum Gasteiger partial charge on any atom is 0.255 e. The third kappa shape index (κ3) is 3.69. The van der Waals surface area contributed by atoms with Crippen molar-refractivity contribution in [2.24, 2.45) is 17.0 Å². The highest BCUT2D eigenvalue weighted by Crippen LogP contribution is 2.38. The van der Waals surface area contributed by atoms with Gasteiger partial charge in [-0.1, -0.05) is 0 Å². The number of aryl methyl sites for hydroxylation is 1. The van der Waals surface area contributed by atoms with Crippen LogP contribution in [0, 0.1) is 6.92 Å². The zero-order valence-corrected chi connectivity index (χ0v) is 15.3. The number of pyridine rings is 1. The van der Waals surface area contributed by atoms with Crippen molar-refractivity contribution < 1.29 is 13.2 Å². The molecule has 8 heteroatoms. The van der Waals surface area contributed by atoms with Crippen molar-refractivity contribution >= 4 is 28.6 Å². The number of aromatic nitrogens is 1. The fourth-order valence-corrected chi connectivity index (χ4v) is 3.12. The molecule has 0 atom stereocenters. The van der Waals surface area contributed by atoms with Gasteiger partial charge in [-0.15, -0.1) is 0 Å². The number of aliphatic imine (C=N–C) groups is 2. The van der Waals surface area contributed by atoms with Gasteiger partial charge in [0, 0.05) is 36.2 Å². The number of rotatable bonds is 5. The molecule has 0 bridgehead atoms. The second-order valence-corrected chi connectivity index (χ2v) is 7.51. The van der Waals surface area contributed by atoms with Crippen LogP contribution in [0.3, 0.4) is 0 Å². The summed E-state index contributed by atoms with van der Waals surface area (Å²) in [5, 5.41) is 0. The first-order chi connectivity index (χ1) is 11.7. The Morgan fingerprint density at radius 2 is 1.96 bits per heavy atom. The van der Waals surface area contributed by atoms with Gasteiger partial charge in [0.25, 0.3) is 5.56 Å². The number of ether oxygens (including phenoxy) is 1.